The fourth-order valence-corrected chi connectivity index (χ4v) is 7.38. The molecule has 0 radical (unpaired) electrons. The molecule has 52 heavy (non-hydrogen) atoms. The lowest BCUT2D eigenvalue weighted by molar-refractivity contribution is 1.30. The third-order valence-electron chi connectivity index (χ3n) is 9.84. The maximum absolute atomic E-state index is 2.35. The second kappa shape index (κ2) is 13.8. The van der Waals surface area contributed by atoms with E-state index in [4.69, 9.17) is 0 Å². The van der Waals surface area contributed by atoms with Crippen molar-refractivity contribution in [1.29, 1.82) is 0 Å². The van der Waals surface area contributed by atoms with Crippen LogP contribution in [0.15, 0.2) is 218 Å². The summed E-state index contributed by atoms with van der Waals surface area (Å²) < 4.78 is 0. The molecule has 2 nitrogen and oxygen atoms in total. The Kier molecular flexibility index (Phi) is 8.24. The Morgan fingerprint density at radius 3 is 0.981 bits per heavy atom. The Bertz CT molecular complexity index is 2420. The van der Waals surface area contributed by atoms with Crippen LogP contribution in [-0.2, 0) is 0 Å². The van der Waals surface area contributed by atoms with E-state index < -0.39 is 0 Å². The molecule has 9 aromatic carbocycles. The highest BCUT2D eigenvalue weighted by Gasteiger charge is 2.18. The number of hydrogen-bond donors (Lipinski definition) is 0. The van der Waals surface area contributed by atoms with Crippen LogP contribution in [0, 0.1) is 0 Å². The lowest BCUT2D eigenvalue weighted by atomic mass is 9.94. The predicted octanol–water partition coefficient (Wildman–Crippen LogP) is 14.3. The zero-order valence-electron chi connectivity index (χ0n) is 28.7. The number of anilines is 6. The van der Waals surface area contributed by atoms with E-state index in [-0.39, 0.29) is 0 Å². The van der Waals surface area contributed by atoms with Crippen molar-refractivity contribution in [2.45, 2.75) is 0 Å². The average molecular weight is 665 g/mol. The first-order valence-electron chi connectivity index (χ1n) is 17.8. The average Bonchev–Trinajstić information content (AvgIpc) is 3.23. The van der Waals surface area contributed by atoms with Gasteiger partial charge in [-0.25, -0.2) is 0 Å². The Hall–Kier alpha value is -6.90. The van der Waals surface area contributed by atoms with E-state index in [9.17, 15) is 0 Å². The van der Waals surface area contributed by atoms with Gasteiger partial charge in [-0.2, -0.15) is 0 Å². The Morgan fingerprint density at radius 2 is 0.558 bits per heavy atom. The molecule has 0 heterocycles. The van der Waals surface area contributed by atoms with Gasteiger partial charge in [0.2, 0.25) is 0 Å². The van der Waals surface area contributed by atoms with Gasteiger partial charge in [-0.05, 0) is 93.7 Å². The van der Waals surface area contributed by atoms with Gasteiger partial charge < -0.3 is 9.80 Å². The van der Waals surface area contributed by atoms with Gasteiger partial charge in [0.15, 0.2) is 0 Å². The standard InChI is InChI=1S/C50H36N2/c1-3-19-41(20-4-1)51(49-27-13-17-37-15-7-9-25-47(37)49)43-33-29-39(30-34-43)45-23-11-12-24-46(45)40-31-35-44(36-32-40)52(42-21-5-2-6-22-42)50-28-14-18-38-16-8-10-26-48(38)50/h1-36H. The van der Waals surface area contributed by atoms with E-state index in [1.807, 2.05) is 0 Å². The lowest BCUT2D eigenvalue weighted by Crippen LogP contribution is -2.10. The molecule has 9 rings (SSSR count). The summed E-state index contributed by atoms with van der Waals surface area (Å²) in [6.45, 7) is 0. The molecule has 0 aromatic heterocycles. The molecule has 0 atom stereocenters. The highest BCUT2D eigenvalue weighted by Crippen LogP contribution is 2.42. The minimum atomic E-state index is 1.11. The third kappa shape index (κ3) is 5.87. The molecule has 0 fully saturated rings. The first kappa shape index (κ1) is 31.1. The van der Waals surface area contributed by atoms with Crippen molar-refractivity contribution in [2.75, 3.05) is 9.80 Å². The fourth-order valence-electron chi connectivity index (χ4n) is 7.38. The fraction of sp³-hybridized carbons (Fsp3) is 0. The third-order valence-corrected chi connectivity index (χ3v) is 9.84. The molecule has 0 amide bonds. The first-order chi connectivity index (χ1) is 25.8. The molecular formula is C50H36N2. The molecule has 0 N–H and O–H groups in total. The number of fused-ring (bicyclic) bond motifs is 2. The summed E-state index contributed by atoms with van der Waals surface area (Å²) in [5.74, 6) is 0. The summed E-state index contributed by atoms with van der Waals surface area (Å²) in [5, 5.41) is 4.89. The number of para-hydroxylation sites is 2. The molecule has 9 aromatic rings. The summed E-state index contributed by atoms with van der Waals surface area (Å²) >= 11 is 0. The van der Waals surface area contributed by atoms with Crippen LogP contribution in [0.4, 0.5) is 34.1 Å². The van der Waals surface area contributed by atoms with Crippen LogP contribution in [0.3, 0.4) is 0 Å². The van der Waals surface area contributed by atoms with Crippen LogP contribution in [0.5, 0.6) is 0 Å². The minimum absolute atomic E-state index is 1.11. The van der Waals surface area contributed by atoms with E-state index in [2.05, 4.69) is 228 Å². The maximum atomic E-state index is 2.35. The van der Waals surface area contributed by atoms with E-state index in [0.29, 0.717) is 0 Å². The zero-order valence-corrected chi connectivity index (χ0v) is 28.7. The second-order valence-corrected chi connectivity index (χ2v) is 13.0. The van der Waals surface area contributed by atoms with Crippen molar-refractivity contribution >= 4 is 55.7 Å². The smallest absolute Gasteiger partial charge is 0.0540 e. The normalized spacial score (nSPS) is 11.1. The van der Waals surface area contributed by atoms with Gasteiger partial charge in [0, 0.05) is 33.5 Å². The van der Waals surface area contributed by atoms with E-state index in [1.54, 1.807) is 0 Å². The predicted molar refractivity (Wildman–Crippen MR) is 222 cm³/mol. The minimum Gasteiger partial charge on any atom is -0.310 e. The molecule has 0 aliphatic heterocycles. The summed E-state index contributed by atoms with van der Waals surface area (Å²) in [7, 11) is 0. The van der Waals surface area contributed by atoms with Crippen molar-refractivity contribution in [3.05, 3.63) is 218 Å². The maximum Gasteiger partial charge on any atom is 0.0540 e. The van der Waals surface area contributed by atoms with Crippen LogP contribution < -0.4 is 9.80 Å². The van der Waals surface area contributed by atoms with Crippen LogP contribution in [0.2, 0.25) is 0 Å². The summed E-state index contributed by atoms with van der Waals surface area (Å²) in [5.41, 5.74) is 11.5. The van der Waals surface area contributed by atoms with Gasteiger partial charge in [0.05, 0.1) is 11.4 Å². The summed E-state index contributed by atoms with van der Waals surface area (Å²) in [4.78, 5) is 4.70. The van der Waals surface area contributed by atoms with Crippen molar-refractivity contribution in [1.82, 2.24) is 0 Å². The van der Waals surface area contributed by atoms with E-state index in [0.717, 1.165) is 34.1 Å². The molecule has 0 saturated carbocycles. The topological polar surface area (TPSA) is 6.48 Å². The molecule has 0 spiro atoms. The Labute approximate surface area is 305 Å². The lowest BCUT2D eigenvalue weighted by Gasteiger charge is -2.27. The van der Waals surface area contributed by atoms with Gasteiger partial charge in [0.1, 0.15) is 0 Å². The van der Waals surface area contributed by atoms with Crippen LogP contribution in [-0.4, -0.2) is 0 Å². The van der Waals surface area contributed by atoms with Crippen molar-refractivity contribution in [3.63, 3.8) is 0 Å². The molecule has 0 saturated heterocycles. The second-order valence-electron chi connectivity index (χ2n) is 13.0. The Balaban J connectivity index is 1.08. The molecular weight excluding hydrogens is 629 g/mol. The summed E-state index contributed by atoms with van der Waals surface area (Å²) in [6.07, 6.45) is 0. The van der Waals surface area contributed by atoms with Crippen LogP contribution in [0.1, 0.15) is 0 Å². The summed E-state index contributed by atoms with van der Waals surface area (Å²) in [6, 6.07) is 78.2. The van der Waals surface area contributed by atoms with Gasteiger partial charge in [-0.15, -0.1) is 0 Å². The molecule has 0 unspecified atom stereocenters. The van der Waals surface area contributed by atoms with E-state index in [1.165, 1.54) is 43.8 Å². The number of nitrogens with zero attached hydrogens (tertiary/aromatic N) is 2. The van der Waals surface area contributed by atoms with Crippen molar-refractivity contribution in [3.8, 4) is 22.3 Å². The molecule has 246 valence electrons. The van der Waals surface area contributed by atoms with Crippen LogP contribution in [0.25, 0.3) is 43.8 Å². The largest absolute Gasteiger partial charge is 0.310 e. The zero-order chi connectivity index (χ0) is 34.7. The number of benzene rings is 9. The van der Waals surface area contributed by atoms with Gasteiger partial charge in [-0.1, -0.05) is 158 Å². The quantitative estimate of drug-likeness (QED) is 0.159. The van der Waals surface area contributed by atoms with Gasteiger partial charge in [0.25, 0.3) is 0 Å². The molecule has 0 aliphatic carbocycles. The molecule has 2 heteroatoms. The van der Waals surface area contributed by atoms with Crippen LogP contribution >= 0.6 is 0 Å². The van der Waals surface area contributed by atoms with Crippen molar-refractivity contribution in [2.24, 2.45) is 0 Å². The monoisotopic (exact) mass is 664 g/mol. The Morgan fingerprint density at radius 1 is 0.231 bits per heavy atom. The molecule has 0 bridgehead atoms. The first-order valence-corrected chi connectivity index (χ1v) is 17.8. The van der Waals surface area contributed by atoms with E-state index >= 15 is 0 Å². The number of rotatable bonds is 8. The highest BCUT2D eigenvalue weighted by molar-refractivity contribution is 6.00. The number of hydrogen-bond acceptors (Lipinski definition) is 2. The van der Waals surface area contributed by atoms with Gasteiger partial charge in [-0.3, -0.25) is 0 Å². The molecule has 0 aliphatic rings. The highest BCUT2D eigenvalue weighted by atomic mass is 15.1. The SMILES string of the molecule is c1ccc(N(c2ccc(-c3ccccc3-c3ccc(N(c4ccccc4)c4cccc5ccccc45)cc3)cc2)c2cccc3ccccc23)cc1. The van der Waals surface area contributed by atoms with Crippen molar-refractivity contribution < 1.29 is 0 Å². The van der Waals surface area contributed by atoms with Gasteiger partial charge >= 0.3 is 0 Å².